The molecule has 1 aliphatic heterocycles. The molecule has 0 bridgehead atoms. The number of nitrogens with zero attached hydrogens (tertiary/aromatic N) is 1. The Kier molecular flexibility index (Phi) is 4.51. The fourth-order valence-corrected chi connectivity index (χ4v) is 3.36. The van der Waals surface area contributed by atoms with Gasteiger partial charge in [-0.15, -0.1) is 4.72 Å². The minimum absolute atomic E-state index is 0.105. The maximum Gasteiger partial charge on any atom is 0.412 e. The first-order valence-electron chi connectivity index (χ1n) is 7.01. The molecule has 1 amide bonds. The van der Waals surface area contributed by atoms with Gasteiger partial charge >= 0.3 is 6.09 Å². The van der Waals surface area contributed by atoms with E-state index in [1.165, 1.54) is 4.90 Å². The van der Waals surface area contributed by atoms with E-state index in [1.54, 1.807) is 6.07 Å². The van der Waals surface area contributed by atoms with Crippen molar-refractivity contribution in [3.05, 3.63) is 29.8 Å². The van der Waals surface area contributed by atoms with Gasteiger partial charge in [0.2, 0.25) is 0 Å². The van der Waals surface area contributed by atoms with E-state index in [1.807, 2.05) is 45.9 Å². The summed E-state index contributed by atoms with van der Waals surface area (Å²) in [4.78, 5) is 12.8. The number of benzene rings is 1. The quantitative estimate of drug-likeness (QED) is 0.823. The molecule has 0 aromatic heterocycles. The normalized spacial score (nSPS) is 23.6. The van der Waals surface area contributed by atoms with Gasteiger partial charge in [0.25, 0.3) is 0 Å². The average Bonchev–Trinajstić information content (AvgIpc) is 2.37. The molecular weight excluding hydrogens is 288 g/mol. The second-order valence-electron chi connectivity index (χ2n) is 6.35. The molecule has 116 valence electrons. The third-order valence-corrected chi connectivity index (χ3v) is 5.21. The smallest absolute Gasteiger partial charge is 0.412 e. The highest BCUT2D eigenvalue weighted by Crippen LogP contribution is 2.37. The van der Waals surface area contributed by atoms with Crippen molar-refractivity contribution in [2.24, 2.45) is 0 Å². The van der Waals surface area contributed by atoms with Crippen LogP contribution in [0, 0.1) is 0 Å². The summed E-state index contributed by atoms with van der Waals surface area (Å²) in [5, 5.41) is 9.40. The highest BCUT2D eigenvalue weighted by atomic mass is 32.2. The minimum atomic E-state index is -1.19. The van der Waals surface area contributed by atoms with Gasteiger partial charge in [-0.05, 0) is 45.7 Å². The largest absolute Gasteiger partial charge is 0.598 e. The van der Waals surface area contributed by atoms with Crippen molar-refractivity contribution < 1.29 is 14.5 Å². The van der Waals surface area contributed by atoms with Crippen LogP contribution in [0.25, 0.3) is 0 Å². The standard InChI is InChI=1S/C15H22N2O3S/c1-10-9-12(16-21(20)15(2,3)4)11-7-5-6-8-13(11)17(10)14(18)19/h5-8,10,12,16H,9H2,1-4H3,(H,18,19)/t10?,12-,21-/m0/s1. The molecule has 1 aromatic rings. The van der Waals surface area contributed by atoms with Crippen LogP contribution < -0.4 is 9.62 Å². The van der Waals surface area contributed by atoms with Crippen LogP contribution in [0.2, 0.25) is 0 Å². The highest BCUT2D eigenvalue weighted by molar-refractivity contribution is 7.90. The molecule has 3 atom stereocenters. The molecule has 2 rings (SSSR count). The van der Waals surface area contributed by atoms with Crippen molar-refractivity contribution in [3.8, 4) is 0 Å². The topological polar surface area (TPSA) is 75.6 Å². The summed E-state index contributed by atoms with van der Waals surface area (Å²) in [6.45, 7) is 7.62. The van der Waals surface area contributed by atoms with E-state index < -0.39 is 17.5 Å². The zero-order chi connectivity index (χ0) is 15.8. The summed E-state index contributed by atoms with van der Waals surface area (Å²) in [6, 6.07) is 7.13. The van der Waals surface area contributed by atoms with Crippen LogP contribution in [0.4, 0.5) is 10.5 Å². The molecule has 1 aromatic carbocycles. The van der Waals surface area contributed by atoms with Crippen LogP contribution in [0.1, 0.15) is 45.7 Å². The predicted molar refractivity (Wildman–Crippen MR) is 84.8 cm³/mol. The zero-order valence-corrected chi connectivity index (χ0v) is 13.6. The molecule has 0 fully saturated rings. The maximum absolute atomic E-state index is 12.3. The van der Waals surface area contributed by atoms with Crippen LogP contribution >= 0.6 is 0 Å². The number of carboxylic acid groups (broad SMARTS) is 1. The molecule has 0 spiro atoms. The predicted octanol–water partition coefficient (Wildman–Crippen LogP) is 3.06. The third-order valence-electron chi connectivity index (χ3n) is 3.60. The Morgan fingerprint density at radius 2 is 2.05 bits per heavy atom. The Morgan fingerprint density at radius 1 is 1.43 bits per heavy atom. The highest BCUT2D eigenvalue weighted by Gasteiger charge is 2.37. The van der Waals surface area contributed by atoms with Crippen molar-refractivity contribution in [3.63, 3.8) is 0 Å². The van der Waals surface area contributed by atoms with Crippen LogP contribution in [0.5, 0.6) is 0 Å². The Labute approximate surface area is 128 Å². The van der Waals surface area contributed by atoms with Gasteiger partial charge in [-0.2, -0.15) is 0 Å². The Balaban J connectivity index is 2.33. The number of hydrogen-bond donors (Lipinski definition) is 2. The maximum atomic E-state index is 12.3. The Morgan fingerprint density at radius 3 is 2.62 bits per heavy atom. The number of amides is 1. The average molecular weight is 310 g/mol. The molecule has 1 aliphatic rings. The number of fused-ring (bicyclic) bond motifs is 1. The van der Waals surface area contributed by atoms with Crippen LogP contribution in [0.3, 0.4) is 0 Å². The van der Waals surface area contributed by atoms with Gasteiger partial charge in [0.1, 0.15) is 4.75 Å². The first kappa shape index (κ1) is 16.1. The van der Waals surface area contributed by atoms with Crippen molar-refractivity contribution in [2.75, 3.05) is 4.90 Å². The summed E-state index contributed by atoms with van der Waals surface area (Å²) in [5.74, 6) is 0. The second kappa shape index (κ2) is 5.87. The Hall–Kier alpha value is -1.24. The molecule has 0 saturated heterocycles. The van der Waals surface area contributed by atoms with Crippen LogP contribution in [-0.2, 0) is 11.4 Å². The lowest BCUT2D eigenvalue weighted by Crippen LogP contribution is -2.48. The number of para-hydroxylation sites is 1. The number of carbonyl (C=O) groups is 1. The minimum Gasteiger partial charge on any atom is -0.598 e. The zero-order valence-electron chi connectivity index (χ0n) is 12.8. The molecule has 0 aliphatic carbocycles. The van der Waals surface area contributed by atoms with Gasteiger partial charge in [-0.1, -0.05) is 18.2 Å². The van der Waals surface area contributed by atoms with Crippen LogP contribution in [-0.4, -0.2) is 26.5 Å². The summed E-state index contributed by atoms with van der Waals surface area (Å²) in [6.07, 6.45) is -0.351. The van der Waals surface area contributed by atoms with E-state index in [0.29, 0.717) is 12.1 Å². The monoisotopic (exact) mass is 310 g/mol. The molecule has 0 saturated carbocycles. The van der Waals surface area contributed by atoms with E-state index in [-0.39, 0.29) is 16.8 Å². The van der Waals surface area contributed by atoms with Gasteiger partial charge in [0.05, 0.1) is 11.7 Å². The molecule has 1 unspecified atom stereocenters. The van der Waals surface area contributed by atoms with E-state index in [9.17, 15) is 14.5 Å². The van der Waals surface area contributed by atoms with Gasteiger partial charge in [-0.3, -0.25) is 4.90 Å². The lowest BCUT2D eigenvalue weighted by molar-refractivity contribution is 0.197. The summed E-state index contributed by atoms with van der Waals surface area (Å²) < 4.78 is 15.1. The Bertz CT molecular complexity index is 530. The van der Waals surface area contributed by atoms with E-state index >= 15 is 0 Å². The lowest BCUT2D eigenvalue weighted by Gasteiger charge is -2.38. The number of anilines is 1. The van der Waals surface area contributed by atoms with Crippen molar-refractivity contribution in [2.45, 2.75) is 50.9 Å². The third kappa shape index (κ3) is 3.33. The fraction of sp³-hybridized carbons (Fsp3) is 0.533. The number of rotatable bonds is 2. The first-order chi connectivity index (χ1) is 9.71. The van der Waals surface area contributed by atoms with E-state index in [2.05, 4.69) is 4.72 Å². The molecule has 0 radical (unpaired) electrons. The van der Waals surface area contributed by atoms with Crippen LogP contribution in [0.15, 0.2) is 24.3 Å². The summed E-state index contributed by atoms with van der Waals surface area (Å²) in [5.41, 5.74) is 1.56. The van der Waals surface area contributed by atoms with E-state index in [4.69, 9.17) is 0 Å². The molecule has 5 nitrogen and oxygen atoms in total. The van der Waals surface area contributed by atoms with Gasteiger partial charge in [-0.25, -0.2) is 4.79 Å². The van der Waals surface area contributed by atoms with Crippen molar-refractivity contribution >= 4 is 23.1 Å². The van der Waals surface area contributed by atoms with Crippen molar-refractivity contribution in [1.82, 2.24) is 4.72 Å². The summed E-state index contributed by atoms with van der Waals surface area (Å²) in [7, 11) is 0. The molecule has 6 heteroatoms. The molecular formula is C15H22N2O3S. The molecule has 21 heavy (non-hydrogen) atoms. The number of nitrogens with one attached hydrogen (secondary N) is 1. The molecule has 1 heterocycles. The fourth-order valence-electron chi connectivity index (χ4n) is 2.52. The molecule has 2 N–H and O–H groups in total. The SMILES string of the molecule is CC1C[C@H](N[S@@+]([O-])C(C)(C)C)c2ccccc2N1C(=O)O. The van der Waals surface area contributed by atoms with Gasteiger partial charge in [0, 0.05) is 17.4 Å². The van der Waals surface area contributed by atoms with Crippen molar-refractivity contribution in [1.29, 1.82) is 0 Å². The number of hydrogen-bond acceptors (Lipinski definition) is 3. The summed E-state index contributed by atoms with van der Waals surface area (Å²) >= 11 is -1.19. The van der Waals surface area contributed by atoms with E-state index in [0.717, 1.165) is 5.56 Å². The second-order valence-corrected chi connectivity index (χ2v) is 8.35. The van der Waals surface area contributed by atoms with Gasteiger partial charge in [0.15, 0.2) is 0 Å². The van der Waals surface area contributed by atoms with Gasteiger partial charge < -0.3 is 9.66 Å². The first-order valence-corrected chi connectivity index (χ1v) is 8.16. The lowest BCUT2D eigenvalue weighted by atomic mass is 9.93.